The van der Waals surface area contributed by atoms with Crippen LogP contribution in [0.4, 0.5) is 0 Å². The molecule has 2 aliphatic rings. The van der Waals surface area contributed by atoms with Crippen LogP contribution in [0, 0.1) is 0 Å². The normalized spacial score (nSPS) is 24.5. The van der Waals surface area contributed by atoms with Crippen molar-refractivity contribution in [2.24, 2.45) is 7.05 Å². The Bertz CT molecular complexity index is 999. The number of H-pyrrole nitrogens is 1. The van der Waals surface area contributed by atoms with Crippen LogP contribution >= 0.6 is 0 Å². The zero-order valence-electron chi connectivity index (χ0n) is 16.0. The van der Waals surface area contributed by atoms with Gasteiger partial charge in [0.05, 0.1) is 18.3 Å². The Hall–Kier alpha value is -2.37. The van der Waals surface area contributed by atoms with E-state index in [0.29, 0.717) is 12.5 Å². The number of hydrogen-bond acceptors (Lipinski definition) is 3. The van der Waals surface area contributed by atoms with Crippen molar-refractivity contribution in [2.75, 3.05) is 13.7 Å². The van der Waals surface area contributed by atoms with Crippen molar-refractivity contribution >= 4 is 11.0 Å². The van der Waals surface area contributed by atoms with Gasteiger partial charge in [0.1, 0.15) is 5.65 Å². The number of fused-ring (bicyclic) bond motifs is 4. The molecule has 0 saturated heterocycles. The molecule has 3 heterocycles. The van der Waals surface area contributed by atoms with Crippen LogP contribution in [0.2, 0.25) is 0 Å². The van der Waals surface area contributed by atoms with E-state index in [2.05, 4.69) is 59.0 Å². The van der Waals surface area contributed by atoms with E-state index in [1.165, 1.54) is 16.8 Å². The lowest BCUT2D eigenvalue weighted by Crippen LogP contribution is -2.24. The number of ether oxygens (including phenoxy) is 2. The molecule has 1 N–H and O–H groups in total. The van der Waals surface area contributed by atoms with Crippen LogP contribution in [0.15, 0.2) is 42.7 Å². The summed E-state index contributed by atoms with van der Waals surface area (Å²) in [7, 11) is 3.86. The molecule has 0 aromatic carbocycles. The summed E-state index contributed by atoms with van der Waals surface area (Å²) in [4.78, 5) is 7.96. The van der Waals surface area contributed by atoms with Gasteiger partial charge in [-0.15, -0.1) is 0 Å². The van der Waals surface area contributed by atoms with Crippen LogP contribution in [-0.4, -0.2) is 40.0 Å². The number of allylic oxidation sites excluding steroid dienone is 1. The number of aromatic amines is 1. The second-order valence-electron chi connectivity index (χ2n) is 7.84. The number of rotatable bonds is 5. The summed E-state index contributed by atoms with van der Waals surface area (Å²) < 4.78 is 14.0. The maximum atomic E-state index is 6.45. The van der Waals surface area contributed by atoms with Gasteiger partial charge in [-0.3, -0.25) is 0 Å². The van der Waals surface area contributed by atoms with Crippen molar-refractivity contribution in [2.45, 2.75) is 37.4 Å². The minimum atomic E-state index is -0.191. The van der Waals surface area contributed by atoms with Crippen LogP contribution in [0.3, 0.4) is 0 Å². The lowest BCUT2D eigenvalue weighted by molar-refractivity contribution is -0.0344. The van der Waals surface area contributed by atoms with E-state index in [4.69, 9.17) is 9.47 Å². The van der Waals surface area contributed by atoms with Gasteiger partial charge in [-0.05, 0) is 37.1 Å². The van der Waals surface area contributed by atoms with Crippen molar-refractivity contribution in [3.63, 3.8) is 0 Å². The molecule has 0 spiro atoms. The molecule has 1 saturated carbocycles. The minimum Gasteiger partial charge on any atom is -0.382 e. The molecule has 0 radical (unpaired) electrons. The minimum absolute atomic E-state index is 0.0793. The summed E-state index contributed by atoms with van der Waals surface area (Å²) in [6, 6.07) is 6.28. The third-order valence-corrected chi connectivity index (χ3v) is 5.87. The molecule has 3 aromatic rings. The topological polar surface area (TPSA) is 52.1 Å². The van der Waals surface area contributed by atoms with Gasteiger partial charge >= 0.3 is 0 Å². The summed E-state index contributed by atoms with van der Waals surface area (Å²) in [6.45, 7) is 2.70. The highest BCUT2D eigenvalue weighted by Gasteiger charge is 2.57. The van der Waals surface area contributed by atoms with E-state index in [9.17, 15) is 0 Å². The maximum Gasteiger partial charge on any atom is 0.137 e. The van der Waals surface area contributed by atoms with Gasteiger partial charge in [-0.1, -0.05) is 12.2 Å². The predicted octanol–water partition coefficient (Wildman–Crippen LogP) is 3.96. The van der Waals surface area contributed by atoms with E-state index < -0.39 is 0 Å². The van der Waals surface area contributed by atoms with E-state index >= 15 is 0 Å². The largest absolute Gasteiger partial charge is 0.382 e. The Morgan fingerprint density at radius 3 is 3.15 bits per heavy atom. The maximum absolute atomic E-state index is 6.45. The predicted molar refractivity (Wildman–Crippen MR) is 106 cm³/mol. The zero-order chi connectivity index (χ0) is 18.6. The molecule has 3 aromatic heterocycles. The van der Waals surface area contributed by atoms with Crippen LogP contribution in [0.5, 0.6) is 0 Å². The summed E-state index contributed by atoms with van der Waals surface area (Å²) in [5.41, 5.74) is 5.93. The molecule has 140 valence electrons. The first-order chi connectivity index (χ1) is 13.1. The van der Waals surface area contributed by atoms with Crippen LogP contribution in [0.25, 0.3) is 22.3 Å². The molecule has 27 heavy (non-hydrogen) atoms. The monoisotopic (exact) mass is 363 g/mol. The van der Waals surface area contributed by atoms with Crippen molar-refractivity contribution in [3.8, 4) is 11.3 Å². The number of hydrogen-bond donors (Lipinski definition) is 1. The van der Waals surface area contributed by atoms with E-state index in [1.54, 1.807) is 7.11 Å². The number of aromatic nitrogens is 3. The fourth-order valence-corrected chi connectivity index (χ4v) is 4.62. The van der Waals surface area contributed by atoms with Gasteiger partial charge in [-0.2, -0.15) is 0 Å². The summed E-state index contributed by atoms with van der Waals surface area (Å²) in [6.07, 6.45) is 10.7. The van der Waals surface area contributed by atoms with Gasteiger partial charge in [0.2, 0.25) is 0 Å². The molecular weight excluding hydrogens is 338 g/mol. The Labute approximate surface area is 159 Å². The van der Waals surface area contributed by atoms with Gasteiger partial charge < -0.3 is 19.0 Å². The van der Waals surface area contributed by atoms with Crippen molar-refractivity contribution < 1.29 is 9.47 Å². The molecule has 0 bridgehead atoms. The number of aryl methyl sites for hydroxylation is 1. The van der Waals surface area contributed by atoms with Crippen molar-refractivity contribution in [1.29, 1.82) is 0 Å². The van der Waals surface area contributed by atoms with Crippen LogP contribution < -0.4 is 0 Å². The highest BCUT2D eigenvalue weighted by atomic mass is 16.5. The third-order valence-electron chi connectivity index (χ3n) is 5.87. The Morgan fingerprint density at radius 1 is 1.44 bits per heavy atom. The molecular formula is C22H25N3O2. The standard InChI is InChI=1S/C22H25N3O2/c1-14(13-26-3)27-22-8-4-7-19-20(17(22)11-22)16(12-25(19)2)18-10-15-6-5-9-23-21(15)24-18/h4-6,8-10,12,14,17H,7,11,13H2,1-3H3,(H,23,24). The summed E-state index contributed by atoms with van der Waals surface area (Å²) in [5.74, 6) is 0.390. The molecule has 5 heteroatoms. The van der Waals surface area contributed by atoms with E-state index in [-0.39, 0.29) is 11.7 Å². The van der Waals surface area contributed by atoms with Crippen LogP contribution in [-0.2, 0) is 22.9 Å². The summed E-state index contributed by atoms with van der Waals surface area (Å²) in [5, 5.41) is 1.14. The second kappa shape index (κ2) is 6.08. The number of nitrogens with one attached hydrogen (secondary N) is 1. The number of pyridine rings is 1. The number of nitrogens with zero attached hydrogens (tertiary/aromatic N) is 2. The smallest absolute Gasteiger partial charge is 0.137 e. The average Bonchev–Trinajstić information content (AvgIpc) is 3.04. The van der Waals surface area contributed by atoms with Crippen LogP contribution in [0.1, 0.15) is 30.5 Å². The van der Waals surface area contributed by atoms with Gasteiger partial charge in [0.15, 0.2) is 0 Å². The Balaban J connectivity index is 1.57. The lowest BCUT2D eigenvalue weighted by Gasteiger charge is -2.20. The summed E-state index contributed by atoms with van der Waals surface area (Å²) >= 11 is 0. The number of methoxy groups -OCH3 is 1. The first-order valence-electron chi connectivity index (χ1n) is 9.58. The molecule has 5 nitrogen and oxygen atoms in total. The first kappa shape index (κ1) is 16.8. The molecule has 2 aliphatic carbocycles. The highest BCUT2D eigenvalue weighted by molar-refractivity contribution is 5.84. The third kappa shape index (κ3) is 2.65. The van der Waals surface area contributed by atoms with Gasteiger partial charge in [0.25, 0.3) is 0 Å². The molecule has 3 unspecified atom stereocenters. The first-order valence-corrected chi connectivity index (χ1v) is 9.58. The SMILES string of the molecule is COCC(C)OC12C=CCc3c(c(-c4cc5cccnc5[nH]4)cn3C)C1C2. The van der Waals surface area contributed by atoms with Crippen molar-refractivity contribution in [1.82, 2.24) is 14.5 Å². The van der Waals surface area contributed by atoms with E-state index in [0.717, 1.165) is 29.6 Å². The molecule has 3 atom stereocenters. The molecule has 0 amide bonds. The Morgan fingerprint density at radius 2 is 2.33 bits per heavy atom. The lowest BCUT2D eigenvalue weighted by atomic mass is 10.0. The molecule has 5 rings (SSSR count). The van der Waals surface area contributed by atoms with E-state index in [1.807, 2.05) is 12.3 Å². The second-order valence-corrected chi connectivity index (χ2v) is 7.84. The van der Waals surface area contributed by atoms with Crippen molar-refractivity contribution in [3.05, 3.63) is 54.0 Å². The molecule has 1 fully saturated rings. The fourth-order valence-electron chi connectivity index (χ4n) is 4.62. The zero-order valence-corrected chi connectivity index (χ0v) is 16.0. The molecule has 0 aliphatic heterocycles. The quantitative estimate of drug-likeness (QED) is 0.698. The highest BCUT2D eigenvalue weighted by Crippen LogP contribution is 2.60. The Kier molecular flexibility index (Phi) is 3.78. The van der Waals surface area contributed by atoms with Gasteiger partial charge in [-0.25, -0.2) is 4.98 Å². The van der Waals surface area contributed by atoms with Gasteiger partial charge in [0, 0.05) is 61.2 Å². The fraction of sp³-hybridized carbons (Fsp3) is 0.409. The average molecular weight is 363 g/mol.